The third-order valence-electron chi connectivity index (χ3n) is 3.43. The summed E-state index contributed by atoms with van der Waals surface area (Å²) in [4.78, 5) is 24.0. The van der Waals surface area contributed by atoms with Crippen LogP contribution in [-0.4, -0.2) is 20.9 Å². The molecule has 28 heavy (non-hydrogen) atoms. The number of halogens is 2. The maximum Gasteiger partial charge on any atom is 0.331 e. The number of nitrogens with zero attached hydrogens (tertiary/aromatic N) is 3. The van der Waals surface area contributed by atoms with Gasteiger partial charge in [-0.25, -0.2) is 9.18 Å². The molecular weight excluding hydrogens is 385 g/mol. The summed E-state index contributed by atoms with van der Waals surface area (Å²) in [6, 6.07) is 13.4. The van der Waals surface area contributed by atoms with Crippen LogP contribution in [0.25, 0.3) is 6.08 Å². The van der Waals surface area contributed by atoms with Gasteiger partial charge in [-0.1, -0.05) is 35.9 Å². The van der Waals surface area contributed by atoms with Crippen molar-refractivity contribution in [3.63, 3.8) is 0 Å². The van der Waals surface area contributed by atoms with Crippen LogP contribution in [0.5, 0.6) is 0 Å². The number of para-hydroxylation sites is 1. The van der Waals surface area contributed by atoms with Crippen LogP contribution >= 0.6 is 11.6 Å². The predicted octanol–water partition coefficient (Wildman–Crippen LogP) is 3.75. The van der Waals surface area contributed by atoms with Gasteiger partial charge < -0.3 is 15.8 Å². The third-order valence-corrected chi connectivity index (χ3v) is 3.72. The Morgan fingerprint density at radius 3 is 2.71 bits per heavy atom. The van der Waals surface area contributed by atoms with Gasteiger partial charge in [-0.3, -0.25) is 0 Å². The van der Waals surface area contributed by atoms with Crippen molar-refractivity contribution in [3.8, 4) is 0 Å². The zero-order valence-electron chi connectivity index (χ0n) is 14.5. The molecule has 1 heterocycles. The first-order valence-corrected chi connectivity index (χ1v) is 8.50. The van der Waals surface area contributed by atoms with Gasteiger partial charge in [0.25, 0.3) is 0 Å². The number of nitrogen functional groups attached to an aromatic ring is 1. The van der Waals surface area contributed by atoms with Crippen LogP contribution in [0.15, 0.2) is 54.6 Å². The van der Waals surface area contributed by atoms with E-state index in [-0.39, 0.29) is 29.4 Å². The van der Waals surface area contributed by atoms with Crippen molar-refractivity contribution in [2.45, 2.75) is 6.61 Å². The zero-order chi connectivity index (χ0) is 19.9. The van der Waals surface area contributed by atoms with E-state index >= 15 is 0 Å². The van der Waals surface area contributed by atoms with Gasteiger partial charge in [0.1, 0.15) is 5.82 Å². The SMILES string of the molecule is Nc1nc(COC(=O)/C=C/c2ccc(F)c(Cl)c2)nc(Nc2ccccc2)n1. The quantitative estimate of drug-likeness (QED) is 0.480. The van der Waals surface area contributed by atoms with E-state index in [0.29, 0.717) is 5.56 Å². The first-order valence-electron chi connectivity index (χ1n) is 8.12. The number of aromatic nitrogens is 3. The number of hydrogen-bond acceptors (Lipinski definition) is 7. The molecule has 0 saturated carbocycles. The number of ether oxygens (including phenoxy) is 1. The molecule has 0 radical (unpaired) electrons. The number of nitrogens with one attached hydrogen (secondary N) is 1. The number of carbonyl (C=O) groups excluding carboxylic acids is 1. The molecule has 0 aliphatic heterocycles. The molecule has 0 atom stereocenters. The van der Waals surface area contributed by atoms with E-state index in [1.165, 1.54) is 30.4 Å². The number of anilines is 3. The zero-order valence-corrected chi connectivity index (χ0v) is 15.2. The maximum absolute atomic E-state index is 13.1. The molecule has 0 aliphatic rings. The average molecular weight is 400 g/mol. The Hall–Kier alpha value is -3.52. The molecule has 3 rings (SSSR count). The molecule has 9 heteroatoms. The van der Waals surface area contributed by atoms with Gasteiger partial charge in [0.05, 0.1) is 5.02 Å². The van der Waals surface area contributed by atoms with E-state index in [1.807, 2.05) is 30.3 Å². The van der Waals surface area contributed by atoms with Crippen molar-refractivity contribution in [2.75, 3.05) is 11.1 Å². The third kappa shape index (κ3) is 5.49. The molecule has 0 fully saturated rings. The molecule has 0 unspecified atom stereocenters. The number of carbonyl (C=O) groups is 1. The predicted molar refractivity (Wildman–Crippen MR) is 104 cm³/mol. The summed E-state index contributed by atoms with van der Waals surface area (Å²) in [7, 11) is 0. The molecule has 1 aromatic heterocycles. The van der Waals surface area contributed by atoms with E-state index in [1.54, 1.807) is 0 Å². The van der Waals surface area contributed by atoms with Crippen LogP contribution in [0.4, 0.5) is 22.0 Å². The highest BCUT2D eigenvalue weighted by Crippen LogP contribution is 2.17. The second kappa shape index (κ2) is 8.92. The highest BCUT2D eigenvalue weighted by molar-refractivity contribution is 6.30. The summed E-state index contributed by atoms with van der Waals surface area (Å²) in [6.07, 6.45) is 2.65. The fourth-order valence-electron chi connectivity index (χ4n) is 2.17. The van der Waals surface area contributed by atoms with Crippen molar-refractivity contribution in [1.82, 2.24) is 15.0 Å². The summed E-state index contributed by atoms with van der Waals surface area (Å²) in [5.41, 5.74) is 7.01. The van der Waals surface area contributed by atoms with Gasteiger partial charge in [0.15, 0.2) is 12.4 Å². The van der Waals surface area contributed by atoms with Crippen LogP contribution in [0.1, 0.15) is 11.4 Å². The van der Waals surface area contributed by atoms with E-state index in [2.05, 4.69) is 20.3 Å². The number of nitrogens with two attached hydrogens (primary N) is 1. The van der Waals surface area contributed by atoms with Crippen molar-refractivity contribution < 1.29 is 13.9 Å². The minimum atomic E-state index is -0.628. The lowest BCUT2D eigenvalue weighted by Crippen LogP contribution is -2.10. The van der Waals surface area contributed by atoms with Gasteiger partial charge in [-0.2, -0.15) is 15.0 Å². The Bertz CT molecular complexity index is 1010. The molecule has 3 aromatic rings. The topological polar surface area (TPSA) is 103 Å². The van der Waals surface area contributed by atoms with Crippen LogP contribution in [-0.2, 0) is 16.1 Å². The van der Waals surface area contributed by atoms with E-state index in [9.17, 15) is 9.18 Å². The van der Waals surface area contributed by atoms with Gasteiger partial charge in [-0.15, -0.1) is 0 Å². The average Bonchev–Trinajstić information content (AvgIpc) is 2.68. The van der Waals surface area contributed by atoms with Crippen LogP contribution in [0, 0.1) is 5.82 Å². The standard InChI is InChI=1S/C19H15ClFN5O2/c20-14-10-12(6-8-15(14)21)7-9-17(27)28-11-16-24-18(22)26-19(25-16)23-13-4-2-1-3-5-13/h1-10H,11H2,(H3,22,23,24,25,26)/b9-7+. The number of benzene rings is 2. The monoisotopic (exact) mass is 399 g/mol. The van der Waals surface area contributed by atoms with Gasteiger partial charge in [0.2, 0.25) is 11.9 Å². The smallest absolute Gasteiger partial charge is 0.331 e. The van der Waals surface area contributed by atoms with Crippen molar-refractivity contribution >= 4 is 41.2 Å². The van der Waals surface area contributed by atoms with E-state index < -0.39 is 11.8 Å². The first kappa shape index (κ1) is 19.2. The molecule has 7 nitrogen and oxygen atoms in total. The lowest BCUT2D eigenvalue weighted by atomic mass is 10.2. The molecule has 0 bridgehead atoms. The summed E-state index contributed by atoms with van der Waals surface area (Å²) in [5.74, 6) is -0.736. The minimum absolute atomic E-state index is 0.00373. The number of rotatable bonds is 6. The molecule has 2 aromatic carbocycles. The number of esters is 1. The summed E-state index contributed by atoms with van der Waals surface area (Å²) < 4.78 is 18.2. The van der Waals surface area contributed by atoms with Crippen LogP contribution in [0.2, 0.25) is 5.02 Å². The Balaban J connectivity index is 1.61. The Morgan fingerprint density at radius 1 is 1.18 bits per heavy atom. The summed E-state index contributed by atoms with van der Waals surface area (Å²) in [5, 5.41) is 2.96. The van der Waals surface area contributed by atoms with Crippen molar-refractivity contribution in [3.05, 3.63) is 76.8 Å². The maximum atomic E-state index is 13.1. The van der Waals surface area contributed by atoms with Crippen LogP contribution in [0.3, 0.4) is 0 Å². The molecule has 3 N–H and O–H groups in total. The normalized spacial score (nSPS) is 10.8. The second-order valence-corrected chi connectivity index (χ2v) is 5.95. The molecule has 0 saturated heterocycles. The van der Waals surface area contributed by atoms with Crippen LogP contribution < -0.4 is 11.1 Å². The van der Waals surface area contributed by atoms with E-state index in [0.717, 1.165) is 5.69 Å². The fourth-order valence-corrected chi connectivity index (χ4v) is 2.36. The first-order chi connectivity index (χ1) is 13.5. The molecule has 0 aliphatic carbocycles. The van der Waals surface area contributed by atoms with Crippen molar-refractivity contribution in [1.29, 1.82) is 0 Å². The highest BCUT2D eigenvalue weighted by Gasteiger charge is 2.07. The summed E-state index contributed by atoms with van der Waals surface area (Å²) >= 11 is 5.69. The van der Waals surface area contributed by atoms with Gasteiger partial charge in [0, 0.05) is 11.8 Å². The largest absolute Gasteiger partial charge is 0.454 e. The fraction of sp³-hybridized carbons (Fsp3) is 0.0526. The highest BCUT2D eigenvalue weighted by atomic mass is 35.5. The number of hydrogen-bond donors (Lipinski definition) is 2. The Labute approximate surface area is 165 Å². The van der Waals surface area contributed by atoms with Gasteiger partial charge in [-0.05, 0) is 35.9 Å². The second-order valence-electron chi connectivity index (χ2n) is 5.54. The van der Waals surface area contributed by atoms with Gasteiger partial charge >= 0.3 is 5.97 Å². The van der Waals surface area contributed by atoms with E-state index in [4.69, 9.17) is 22.1 Å². The Kier molecular flexibility index (Phi) is 6.13. The lowest BCUT2D eigenvalue weighted by molar-refractivity contribution is -0.139. The molecule has 142 valence electrons. The minimum Gasteiger partial charge on any atom is -0.454 e. The lowest BCUT2D eigenvalue weighted by Gasteiger charge is -2.07. The summed E-state index contributed by atoms with van der Waals surface area (Å²) in [6.45, 7) is -0.191. The Morgan fingerprint density at radius 2 is 1.96 bits per heavy atom. The molecule has 0 amide bonds. The molecular formula is C19H15ClFN5O2. The molecule has 0 spiro atoms. The van der Waals surface area contributed by atoms with Crippen molar-refractivity contribution in [2.24, 2.45) is 0 Å².